The highest BCUT2D eigenvalue weighted by molar-refractivity contribution is 14.0. The Morgan fingerprint density at radius 2 is 1.89 bits per heavy atom. The van der Waals surface area contributed by atoms with Gasteiger partial charge in [0.25, 0.3) is 0 Å². The van der Waals surface area contributed by atoms with Crippen molar-refractivity contribution in [2.75, 3.05) is 26.1 Å². The Bertz CT molecular complexity index is 802. The number of methoxy groups -OCH3 is 2. The van der Waals surface area contributed by atoms with Crippen LogP contribution in [0.2, 0.25) is 0 Å². The molecule has 2 aromatic carbocycles. The summed E-state index contributed by atoms with van der Waals surface area (Å²) in [6.45, 7) is 0.225. The summed E-state index contributed by atoms with van der Waals surface area (Å²) in [7, 11) is 3.12. The van der Waals surface area contributed by atoms with E-state index >= 15 is 0 Å². The lowest BCUT2D eigenvalue weighted by molar-refractivity contribution is -0.115. The van der Waals surface area contributed by atoms with Gasteiger partial charge in [-0.15, -0.1) is 24.0 Å². The lowest BCUT2D eigenvalue weighted by atomic mass is 10.2. The number of nitrogens with zero attached hydrogens (tertiary/aromatic N) is 1. The van der Waals surface area contributed by atoms with Gasteiger partial charge in [0.05, 0.1) is 27.3 Å². The van der Waals surface area contributed by atoms with Gasteiger partial charge in [-0.05, 0) is 35.9 Å². The average Bonchev–Trinajstić information content (AvgIpc) is 2.64. The molecular weight excluding hydrogens is 466 g/mol. The molecule has 0 aliphatic carbocycles. The molecule has 0 saturated heterocycles. The van der Waals surface area contributed by atoms with E-state index in [1.165, 1.54) is 18.2 Å². The second kappa shape index (κ2) is 11.2. The number of amides is 1. The van der Waals surface area contributed by atoms with E-state index in [0.29, 0.717) is 23.7 Å². The second-order valence-electron chi connectivity index (χ2n) is 5.30. The van der Waals surface area contributed by atoms with Crippen molar-refractivity contribution < 1.29 is 18.7 Å². The number of hydrogen-bond donors (Lipinski definition) is 3. The summed E-state index contributed by atoms with van der Waals surface area (Å²) in [5, 5.41) is 5.26. The summed E-state index contributed by atoms with van der Waals surface area (Å²) in [5.41, 5.74) is 7.00. The van der Waals surface area contributed by atoms with Gasteiger partial charge in [0.1, 0.15) is 5.82 Å². The van der Waals surface area contributed by atoms with Crippen LogP contribution in [0.25, 0.3) is 0 Å². The maximum Gasteiger partial charge on any atom is 0.243 e. The normalized spacial score (nSPS) is 10.6. The first kappa shape index (κ1) is 22.5. The molecule has 2 aromatic rings. The van der Waals surface area contributed by atoms with E-state index in [0.717, 1.165) is 5.56 Å². The molecule has 0 heterocycles. The minimum absolute atomic E-state index is 0. The molecule has 4 N–H and O–H groups in total. The van der Waals surface area contributed by atoms with E-state index in [-0.39, 0.29) is 42.4 Å². The number of hydrogen-bond acceptors (Lipinski definition) is 4. The topological polar surface area (TPSA) is 98.0 Å². The fourth-order valence-electron chi connectivity index (χ4n) is 2.15. The zero-order valence-electron chi connectivity index (χ0n) is 15.0. The van der Waals surface area contributed by atoms with Crippen LogP contribution in [-0.4, -0.2) is 32.6 Å². The third kappa shape index (κ3) is 7.29. The summed E-state index contributed by atoms with van der Waals surface area (Å²) in [4.78, 5) is 16.0. The summed E-state index contributed by atoms with van der Waals surface area (Å²) in [5.74, 6) is 0.558. The molecule has 9 heteroatoms. The molecule has 0 spiro atoms. The predicted octanol–water partition coefficient (Wildman–Crippen LogP) is 2.50. The summed E-state index contributed by atoms with van der Waals surface area (Å²) < 4.78 is 23.5. The Morgan fingerprint density at radius 1 is 1.15 bits per heavy atom. The van der Waals surface area contributed by atoms with E-state index in [9.17, 15) is 9.18 Å². The van der Waals surface area contributed by atoms with Crippen LogP contribution in [0.3, 0.4) is 0 Å². The molecule has 0 saturated carbocycles. The molecular formula is C18H22FIN4O3. The van der Waals surface area contributed by atoms with Crippen molar-refractivity contribution in [3.8, 4) is 11.5 Å². The Morgan fingerprint density at radius 3 is 2.56 bits per heavy atom. The molecule has 0 aliphatic heterocycles. The number of ether oxygens (including phenoxy) is 2. The number of halogens is 2. The van der Waals surface area contributed by atoms with Gasteiger partial charge in [-0.25, -0.2) is 9.38 Å². The largest absolute Gasteiger partial charge is 0.493 e. The zero-order valence-corrected chi connectivity index (χ0v) is 17.3. The van der Waals surface area contributed by atoms with Crippen molar-refractivity contribution in [3.63, 3.8) is 0 Å². The average molecular weight is 488 g/mol. The Kier molecular flexibility index (Phi) is 9.34. The van der Waals surface area contributed by atoms with Crippen molar-refractivity contribution in [3.05, 3.63) is 53.8 Å². The van der Waals surface area contributed by atoms with Gasteiger partial charge in [0.15, 0.2) is 17.5 Å². The van der Waals surface area contributed by atoms with Crippen LogP contribution in [0.15, 0.2) is 47.5 Å². The van der Waals surface area contributed by atoms with Gasteiger partial charge >= 0.3 is 0 Å². The van der Waals surface area contributed by atoms with Gasteiger partial charge in [-0.1, -0.05) is 12.1 Å². The second-order valence-corrected chi connectivity index (χ2v) is 5.30. The van der Waals surface area contributed by atoms with Crippen molar-refractivity contribution >= 4 is 41.5 Å². The molecule has 146 valence electrons. The summed E-state index contributed by atoms with van der Waals surface area (Å²) in [6.07, 6.45) is 0. The fourth-order valence-corrected chi connectivity index (χ4v) is 2.15. The zero-order chi connectivity index (χ0) is 18.9. The van der Waals surface area contributed by atoms with E-state index in [4.69, 9.17) is 15.2 Å². The third-order valence-electron chi connectivity index (χ3n) is 3.42. The number of aliphatic imine (C=N–C) groups is 1. The SMILES string of the molecule is COc1ccc(CN=C(N)NCC(=O)Nc2cccc(F)c2)cc1OC.I. The molecule has 2 rings (SSSR count). The summed E-state index contributed by atoms with van der Waals surface area (Å²) in [6, 6.07) is 11.0. The monoisotopic (exact) mass is 488 g/mol. The van der Waals surface area contributed by atoms with Crippen LogP contribution in [0, 0.1) is 5.82 Å². The first-order valence-electron chi connectivity index (χ1n) is 7.82. The molecule has 0 bridgehead atoms. The highest BCUT2D eigenvalue weighted by Crippen LogP contribution is 2.27. The van der Waals surface area contributed by atoms with Crippen LogP contribution >= 0.6 is 24.0 Å². The van der Waals surface area contributed by atoms with Crippen LogP contribution in [-0.2, 0) is 11.3 Å². The molecule has 1 amide bonds. The van der Waals surface area contributed by atoms with E-state index in [1.807, 2.05) is 6.07 Å². The summed E-state index contributed by atoms with van der Waals surface area (Å²) >= 11 is 0. The first-order valence-corrected chi connectivity index (χ1v) is 7.82. The Balaban J connectivity index is 0.00000364. The lowest BCUT2D eigenvalue weighted by Crippen LogP contribution is -2.37. The number of rotatable bonds is 7. The van der Waals surface area contributed by atoms with Gasteiger partial charge in [-0.3, -0.25) is 4.79 Å². The number of nitrogens with two attached hydrogens (primary N) is 1. The van der Waals surface area contributed by atoms with Gasteiger partial charge in [0, 0.05) is 5.69 Å². The first-order chi connectivity index (χ1) is 12.5. The minimum Gasteiger partial charge on any atom is -0.493 e. The number of guanidine groups is 1. The maximum absolute atomic E-state index is 13.1. The molecule has 0 aromatic heterocycles. The number of carbonyl (C=O) groups excluding carboxylic acids is 1. The smallest absolute Gasteiger partial charge is 0.243 e. The van der Waals surface area contributed by atoms with Crippen LogP contribution < -0.4 is 25.8 Å². The molecule has 27 heavy (non-hydrogen) atoms. The standard InChI is InChI=1S/C18H21FN4O3.HI/c1-25-15-7-6-12(8-16(15)26-2)10-21-18(20)22-11-17(24)23-14-5-3-4-13(19)9-14;/h3-9H,10-11H2,1-2H3,(H,23,24)(H3,20,21,22);1H. The van der Waals surface area contributed by atoms with Crippen LogP contribution in [0.4, 0.5) is 10.1 Å². The highest BCUT2D eigenvalue weighted by Gasteiger charge is 2.05. The van der Waals surface area contributed by atoms with Crippen molar-refractivity contribution in [2.45, 2.75) is 6.54 Å². The lowest BCUT2D eigenvalue weighted by Gasteiger charge is -2.09. The van der Waals surface area contributed by atoms with Crippen LogP contribution in [0.5, 0.6) is 11.5 Å². The number of anilines is 1. The molecule has 0 fully saturated rings. The van der Waals surface area contributed by atoms with E-state index < -0.39 is 5.82 Å². The third-order valence-corrected chi connectivity index (χ3v) is 3.42. The van der Waals surface area contributed by atoms with E-state index in [1.54, 1.807) is 32.4 Å². The molecule has 7 nitrogen and oxygen atoms in total. The van der Waals surface area contributed by atoms with Gasteiger partial charge < -0.3 is 25.8 Å². The van der Waals surface area contributed by atoms with Crippen LogP contribution in [0.1, 0.15) is 5.56 Å². The molecule has 0 atom stereocenters. The Hall–Kier alpha value is -2.56. The molecule has 0 radical (unpaired) electrons. The highest BCUT2D eigenvalue weighted by atomic mass is 127. The van der Waals surface area contributed by atoms with Gasteiger partial charge in [-0.2, -0.15) is 0 Å². The van der Waals surface area contributed by atoms with E-state index in [2.05, 4.69) is 15.6 Å². The number of nitrogens with one attached hydrogen (secondary N) is 2. The maximum atomic E-state index is 13.1. The molecule has 0 unspecified atom stereocenters. The number of benzene rings is 2. The Labute approximate surface area is 174 Å². The number of carbonyl (C=O) groups is 1. The van der Waals surface area contributed by atoms with Gasteiger partial charge in [0.2, 0.25) is 5.91 Å². The quantitative estimate of drug-likeness (QED) is 0.316. The van der Waals surface area contributed by atoms with Crippen molar-refractivity contribution in [2.24, 2.45) is 10.7 Å². The predicted molar refractivity (Wildman–Crippen MR) is 113 cm³/mol. The fraction of sp³-hybridized carbons (Fsp3) is 0.222. The van der Waals surface area contributed by atoms with Crippen molar-refractivity contribution in [1.29, 1.82) is 0 Å². The minimum atomic E-state index is -0.424. The molecule has 0 aliphatic rings. The van der Waals surface area contributed by atoms with Crippen molar-refractivity contribution in [1.82, 2.24) is 5.32 Å².